The van der Waals surface area contributed by atoms with E-state index in [1.54, 1.807) is 26.5 Å². The van der Waals surface area contributed by atoms with Gasteiger partial charge in [-0.05, 0) is 12.0 Å². The number of nitrogens with one attached hydrogen (secondary N) is 2. The number of amides is 1. The summed E-state index contributed by atoms with van der Waals surface area (Å²) in [5.41, 5.74) is 0.940. The molecule has 104 valence electrons. The van der Waals surface area contributed by atoms with Crippen molar-refractivity contribution in [3.63, 3.8) is 0 Å². The van der Waals surface area contributed by atoms with Crippen molar-refractivity contribution in [2.45, 2.75) is 25.1 Å². The predicted molar refractivity (Wildman–Crippen MR) is 69.8 cm³/mol. The fourth-order valence-corrected chi connectivity index (χ4v) is 2.03. The van der Waals surface area contributed by atoms with E-state index in [0.717, 1.165) is 12.1 Å². The van der Waals surface area contributed by atoms with E-state index >= 15 is 0 Å². The molecule has 0 radical (unpaired) electrons. The van der Waals surface area contributed by atoms with Gasteiger partial charge in [0.2, 0.25) is 11.8 Å². The molecule has 1 aromatic heterocycles. The van der Waals surface area contributed by atoms with Gasteiger partial charge in [0, 0.05) is 32.5 Å². The number of methoxy groups -OCH3 is 2. The Hall–Kier alpha value is -1.66. The van der Waals surface area contributed by atoms with Crippen LogP contribution in [0, 0.1) is 0 Å². The Morgan fingerprint density at radius 2 is 2.37 bits per heavy atom. The molecule has 2 atom stereocenters. The van der Waals surface area contributed by atoms with Gasteiger partial charge in [-0.3, -0.25) is 4.79 Å². The molecule has 2 heterocycles. The molecule has 1 aromatic rings. The van der Waals surface area contributed by atoms with Gasteiger partial charge in [-0.1, -0.05) is 6.07 Å². The molecule has 6 heteroatoms. The molecule has 1 aliphatic rings. The summed E-state index contributed by atoms with van der Waals surface area (Å²) in [5.74, 6) is 0.561. The van der Waals surface area contributed by atoms with Gasteiger partial charge in [0.1, 0.15) is 0 Å². The van der Waals surface area contributed by atoms with Crippen molar-refractivity contribution in [3.8, 4) is 5.88 Å². The number of hydrogen-bond acceptors (Lipinski definition) is 5. The van der Waals surface area contributed by atoms with Gasteiger partial charge in [0.25, 0.3) is 0 Å². The van der Waals surface area contributed by atoms with Crippen LogP contribution in [-0.2, 0) is 16.1 Å². The van der Waals surface area contributed by atoms with E-state index in [1.165, 1.54) is 0 Å². The van der Waals surface area contributed by atoms with Gasteiger partial charge >= 0.3 is 0 Å². The maximum absolute atomic E-state index is 11.9. The highest BCUT2D eigenvalue weighted by molar-refractivity contribution is 5.82. The molecular weight excluding hydrogens is 246 g/mol. The third-order valence-electron chi connectivity index (χ3n) is 3.21. The normalized spacial score (nSPS) is 22.2. The first-order valence-electron chi connectivity index (χ1n) is 6.25. The van der Waals surface area contributed by atoms with Crippen molar-refractivity contribution < 1.29 is 14.3 Å². The number of pyridine rings is 1. The highest BCUT2D eigenvalue weighted by Gasteiger charge is 2.28. The van der Waals surface area contributed by atoms with E-state index in [1.807, 2.05) is 6.07 Å². The molecule has 1 saturated heterocycles. The van der Waals surface area contributed by atoms with Gasteiger partial charge in [0.05, 0.1) is 19.3 Å². The molecular formula is C13H19N3O3. The Morgan fingerprint density at radius 3 is 2.95 bits per heavy atom. The van der Waals surface area contributed by atoms with Crippen LogP contribution >= 0.6 is 0 Å². The standard InChI is InChI=1S/C13H19N3O3/c1-18-10-5-11(14-8-10)13(17)16-7-9-3-4-12(19-2)15-6-9/h3-4,6,10-11,14H,5,7-8H2,1-2H3,(H,16,17). The van der Waals surface area contributed by atoms with E-state index in [-0.39, 0.29) is 18.1 Å². The molecule has 2 rings (SSSR count). The number of rotatable bonds is 5. The third kappa shape index (κ3) is 3.65. The van der Waals surface area contributed by atoms with Crippen LogP contribution in [0.1, 0.15) is 12.0 Å². The molecule has 0 spiro atoms. The lowest BCUT2D eigenvalue weighted by atomic mass is 10.2. The number of carbonyl (C=O) groups is 1. The van der Waals surface area contributed by atoms with Crippen molar-refractivity contribution in [1.29, 1.82) is 0 Å². The summed E-state index contributed by atoms with van der Waals surface area (Å²) in [7, 11) is 3.23. The topological polar surface area (TPSA) is 72.5 Å². The minimum atomic E-state index is -0.170. The number of nitrogens with zero attached hydrogens (tertiary/aromatic N) is 1. The van der Waals surface area contributed by atoms with Gasteiger partial charge < -0.3 is 20.1 Å². The molecule has 6 nitrogen and oxygen atoms in total. The third-order valence-corrected chi connectivity index (χ3v) is 3.21. The SMILES string of the molecule is COc1ccc(CNC(=O)C2CC(OC)CN2)cn1. The fraction of sp³-hybridized carbons (Fsp3) is 0.538. The summed E-state index contributed by atoms with van der Waals surface area (Å²) in [6.07, 6.45) is 2.53. The summed E-state index contributed by atoms with van der Waals surface area (Å²) < 4.78 is 10.2. The van der Waals surface area contributed by atoms with Gasteiger partial charge in [-0.25, -0.2) is 4.98 Å². The van der Waals surface area contributed by atoms with Crippen LogP contribution in [0.2, 0.25) is 0 Å². The Labute approximate surface area is 112 Å². The van der Waals surface area contributed by atoms with Gasteiger partial charge in [0.15, 0.2) is 0 Å². The molecule has 1 fully saturated rings. The van der Waals surface area contributed by atoms with Crippen LogP contribution in [0.4, 0.5) is 0 Å². The predicted octanol–water partition coefficient (Wildman–Crippen LogP) is 0.0833. The summed E-state index contributed by atoms with van der Waals surface area (Å²) >= 11 is 0. The summed E-state index contributed by atoms with van der Waals surface area (Å²) in [4.78, 5) is 16.0. The minimum Gasteiger partial charge on any atom is -0.481 e. The molecule has 0 aromatic carbocycles. The highest BCUT2D eigenvalue weighted by Crippen LogP contribution is 2.10. The molecule has 2 unspecified atom stereocenters. The van der Waals surface area contributed by atoms with Gasteiger partial charge in [-0.15, -0.1) is 0 Å². The maximum Gasteiger partial charge on any atom is 0.237 e. The van der Waals surface area contributed by atoms with Crippen molar-refractivity contribution in [3.05, 3.63) is 23.9 Å². The summed E-state index contributed by atoms with van der Waals surface area (Å²) in [6, 6.07) is 3.48. The van der Waals surface area contributed by atoms with Gasteiger partial charge in [-0.2, -0.15) is 0 Å². The number of carbonyl (C=O) groups excluding carboxylic acids is 1. The molecule has 1 amide bonds. The smallest absolute Gasteiger partial charge is 0.237 e. The lowest BCUT2D eigenvalue weighted by molar-refractivity contribution is -0.123. The lowest BCUT2D eigenvalue weighted by Crippen LogP contribution is -2.40. The van der Waals surface area contributed by atoms with Crippen molar-refractivity contribution >= 4 is 5.91 Å². The second-order valence-corrected chi connectivity index (χ2v) is 4.48. The average Bonchev–Trinajstić information content (AvgIpc) is 2.94. The zero-order chi connectivity index (χ0) is 13.7. The Morgan fingerprint density at radius 1 is 1.53 bits per heavy atom. The minimum absolute atomic E-state index is 0.00429. The number of ether oxygens (including phenoxy) is 2. The van der Waals surface area contributed by atoms with E-state index in [0.29, 0.717) is 18.8 Å². The Balaban J connectivity index is 1.80. The highest BCUT2D eigenvalue weighted by atomic mass is 16.5. The number of hydrogen-bond donors (Lipinski definition) is 2. The van der Waals surface area contributed by atoms with E-state index in [2.05, 4.69) is 15.6 Å². The molecule has 0 aliphatic carbocycles. The molecule has 0 bridgehead atoms. The quantitative estimate of drug-likeness (QED) is 0.789. The zero-order valence-electron chi connectivity index (χ0n) is 11.2. The van der Waals surface area contributed by atoms with Crippen LogP contribution < -0.4 is 15.4 Å². The van der Waals surface area contributed by atoms with Crippen LogP contribution in [0.15, 0.2) is 18.3 Å². The summed E-state index contributed by atoms with van der Waals surface area (Å²) in [6.45, 7) is 1.18. The monoisotopic (exact) mass is 265 g/mol. The second kappa shape index (κ2) is 6.49. The average molecular weight is 265 g/mol. The van der Waals surface area contributed by atoms with Crippen LogP contribution in [0.3, 0.4) is 0 Å². The fourth-order valence-electron chi connectivity index (χ4n) is 2.03. The Bertz CT molecular complexity index is 422. The lowest BCUT2D eigenvalue weighted by Gasteiger charge is -2.11. The maximum atomic E-state index is 11.9. The largest absolute Gasteiger partial charge is 0.481 e. The summed E-state index contributed by atoms with van der Waals surface area (Å²) in [5, 5.41) is 6.02. The molecule has 19 heavy (non-hydrogen) atoms. The molecule has 0 saturated carbocycles. The van der Waals surface area contributed by atoms with Crippen LogP contribution in [0.25, 0.3) is 0 Å². The first-order chi connectivity index (χ1) is 9.22. The molecule has 1 aliphatic heterocycles. The van der Waals surface area contributed by atoms with E-state index in [4.69, 9.17) is 9.47 Å². The second-order valence-electron chi connectivity index (χ2n) is 4.48. The van der Waals surface area contributed by atoms with Crippen molar-refractivity contribution in [1.82, 2.24) is 15.6 Å². The van der Waals surface area contributed by atoms with E-state index in [9.17, 15) is 4.79 Å². The van der Waals surface area contributed by atoms with E-state index < -0.39 is 0 Å². The molecule has 2 N–H and O–H groups in total. The van der Waals surface area contributed by atoms with Crippen LogP contribution in [0.5, 0.6) is 5.88 Å². The van der Waals surface area contributed by atoms with Crippen molar-refractivity contribution in [2.24, 2.45) is 0 Å². The zero-order valence-corrected chi connectivity index (χ0v) is 11.2. The first-order valence-corrected chi connectivity index (χ1v) is 6.25. The van der Waals surface area contributed by atoms with Crippen LogP contribution in [-0.4, -0.2) is 43.8 Å². The first kappa shape index (κ1) is 13.8. The Kier molecular flexibility index (Phi) is 4.70. The number of aromatic nitrogens is 1. The van der Waals surface area contributed by atoms with Crippen molar-refractivity contribution in [2.75, 3.05) is 20.8 Å².